The van der Waals surface area contributed by atoms with Crippen molar-refractivity contribution >= 4 is 11.8 Å². The second-order valence-corrected chi connectivity index (χ2v) is 5.21. The van der Waals surface area contributed by atoms with E-state index in [1.807, 2.05) is 23.9 Å². The number of phenolic OH excluding ortho intramolecular Hbond substituents is 1. The molecule has 1 aliphatic rings. The highest BCUT2D eigenvalue weighted by atomic mass is 32.2. The quantitative estimate of drug-likeness (QED) is 0.808. The second kappa shape index (κ2) is 4.90. The third-order valence-corrected chi connectivity index (χ3v) is 4.22. The van der Waals surface area contributed by atoms with Crippen LogP contribution in [-0.2, 0) is 0 Å². The highest BCUT2D eigenvalue weighted by Gasteiger charge is 2.25. The molecule has 2 unspecified atom stereocenters. The summed E-state index contributed by atoms with van der Waals surface area (Å²) in [6.07, 6.45) is 1.20. The number of hydrogen-bond acceptors (Lipinski definition) is 3. The average Bonchev–Trinajstić information content (AvgIpc) is 2.29. The molecule has 2 rings (SSSR count). The Labute approximate surface area is 94.9 Å². The predicted octanol–water partition coefficient (Wildman–Crippen LogP) is 2.19. The van der Waals surface area contributed by atoms with Gasteiger partial charge in [0.1, 0.15) is 5.75 Å². The zero-order valence-corrected chi connectivity index (χ0v) is 9.54. The molecule has 1 aliphatic heterocycles. The van der Waals surface area contributed by atoms with Crippen LogP contribution in [0.25, 0.3) is 0 Å². The van der Waals surface area contributed by atoms with Crippen LogP contribution in [0.1, 0.15) is 17.9 Å². The predicted molar refractivity (Wildman–Crippen MR) is 65.3 cm³/mol. The first-order valence-electron chi connectivity index (χ1n) is 5.38. The molecule has 0 bridgehead atoms. The Bertz CT molecular complexity index is 329. The molecule has 0 spiro atoms. The molecule has 3 N–H and O–H groups in total. The first-order valence-corrected chi connectivity index (χ1v) is 6.53. The van der Waals surface area contributed by atoms with Gasteiger partial charge in [0, 0.05) is 5.75 Å². The fourth-order valence-corrected chi connectivity index (χ4v) is 3.54. The smallest absolute Gasteiger partial charge is 0.115 e. The third-order valence-electron chi connectivity index (χ3n) is 3.10. The third kappa shape index (κ3) is 2.47. The zero-order valence-electron chi connectivity index (χ0n) is 8.73. The Balaban J connectivity index is 2.20. The van der Waals surface area contributed by atoms with E-state index in [4.69, 9.17) is 5.73 Å². The fourth-order valence-electron chi connectivity index (χ4n) is 2.19. The first-order chi connectivity index (χ1) is 7.31. The monoisotopic (exact) mass is 223 g/mol. The normalized spacial score (nSPS) is 26.5. The number of nitrogens with two attached hydrogens (primary N) is 1. The van der Waals surface area contributed by atoms with Gasteiger partial charge in [-0.15, -0.1) is 0 Å². The maximum atomic E-state index is 9.46. The van der Waals surface area contributed by atoms with Gasteiger partial charge in [-0.2, -0.15) is 11.8 Å². The van der Waals surface area contributed by atoms with E-state index in [-0.39, 0.29) is 0 Å². The largest absolute Gasteiger partial charge is 0.508 e. The second-order valence-electron chi connectivity index (χ2n) is 4.06. The Morgan fingerprint density at radius 1 is 1.47 bits per heavy atom. The van der Waals surface area contributed by atoms with Gasteiger partial charge in [0.2, 0.25) is 0 Å². The lowest BCUT2D eigenvalue weighted by Gasteiger charge is -2.30. The first kappa shape index (κ1) is 10.8. The summed E-state index contributed by atoms with van der Waals surface area (Å²) in [6.45, 7) is 0.751. The van der Waals surface area contributed by atoms with E-state index in [1.165, 1.54) is 17.7 Å². The summed E-state index contributed by atoms with van der Waals surface area (Å²) in [6, 6.07) is 7.60. The van der Waals surface area contributed by atoms with Crippen LogP contribution in [0.4, 0.5) is 0 Å². The van der Waals surface area contributed by atoms with Crippen molar-refractivity contribution in [3.05, 3.63) is 29.8 Å². The Kier molecular flexibility index (Phi) is 3.54. The van der Waals surface area contributed by atoms with Crippen molar-refractivity contribution in [2.24, 2.45) is 11.7 Å². The Morgan fingerprint density at radius 3 is 3.07 bits per heavy atom. The maximum Gasteiger partial charge on any atom is 0.115 e. The average molecular weight is 223 g/mol. The van der Waals surface area contributed by atoms with E-state index in [0.717, 1.165) is 12.3 Å². The van der Waals surface area contributed by atoms with Crippen molar-refractivity contribution < 1.29 is 5.11 Å². The number of benzene rings is 1. The molecule has 3 heteroatoms. The van der Waals surface area contributed by atoms with Crippen LogP contribution in [0, 0.1) is 5.92 Å². The molecule has 0 radical (unpaired) electrons. The molecule has 82 valence electrons. The number of hydrogen-bond donors (Lipinski definition) is 2. The van der Waals surface area contributed by atoms with Crippen molar-refractivity contribution in [1.29, 1.82) is 0 Å². The van der Waals surface area contributed by atoms with E-state index in [0.29, 0.717) is 17.6 Å². The summed E-state index contributed by atoms with van der Waals surface area (Å²) >= 11 is 1.99. The molecule has 2 atom stereocenters. The SMILES string of the molecule is NCC1CCSCC1c1cccc(O)c1. The summed E-state index contributed by atoms with van der Waals surface area (Å²) < 4.78 is 0. The van der Waals surface area contributed by atoms with Gasteiger partial charge < -0.3 is 10.8 Å². The topological polar surface area (TPSA) is 46.2 Å². The van der Waals surface area contributed by atoms with Crippen LogP contribution in [0.2, 0.25) is 0 Å². The van der Waals surface area contributed by atoms with Gasteiger partial charge in [0.05, 0.1) is 0 Å². The van der Waals surface area contributed by atoms with Crippen molar-refractivity contribution in [2.45, 2.75) is 12.3 Å². The van der Waals surface area contributed by atoms with Crippen molar-refractivity contribution in [3.63, 3.8) is 0 Å². The molecule has 1 heterocycles. The highest BCUT2D eigenvalue weighted by Crippen LogP contribution is 2.36. The molecule has 1 saturated heterocycles. The van der Waals surface area contributed by atoms with Gasteiger partial charge in [-0.3, -0.25) is 0 Å². The molecule has 1 aromatic rings. The summed E-state index contributed by atoms with van der Waals surface area (Å²) in [5.74, 6) is 3.80. The molecule has 1 fully saturated rings. The molecule has 1 aromatic carbocycles. The van der Waals surface area contributed by atoms with Crippen LogP contribution < -0.4 is 5.73 Å². The van der Waals surface area contributed by atoms with Gasteiger partial charge in [0.15, 0.2) is 0 Å². The number of aromatic hydroxyl groups is 1. The van der Waals surface area contributed by atoms with E-state index in [9.17, 15) is 5.11 Å². The molecule has 0 saturated carbocycles. The Hall–Kier alpha value is -0.670. The standard InChI is InChI=1S/C12H17NOS/c13-7-10-4-5-15-8-12(10)9-2-1-3-11(14)6-9/h1-3,6,10,12,14H,4-5,7-8,13H2. The molecular formula is C12H17NOS. The number of thioether (sulfide) groups is 1. The Morgan fingerprint density at radius 2 is 2.33 bits per heavy atom. The molecule has 0 aliphatic carbocycles. The van der Waals surface area contributed by atoms with Gasteiger partial charge in [-0.05, 0) is 48.3 Å². The van der Waals surface area contributed by atoms with Gasteiger partial charge in [-0.1, -0.05) is 12.1 Å². The van der Waals surface area contributed by atoms with Crippen molar-refractivity contribution in [2.75, 3.05) is 18.1 Å². The molecule has 2 nitrogen and oxygen atoms in total. The van der Waals surface area contributed by atoms with Crippen molar-refractivity contribution in [3.8, 4) is 5.75 Å². The van der Waals surface area contributed by atoms with Crippen LogP contribution in [-0.4, -0.2) is 23.2 Å². The van der Waals surface area contributed by atoms with E-state index < -0.39 is 0 Å². The molecule has 0 amide bonds. The van der Waals surface area contributed by atoms with Crippen LogP contribution in [0.3, 0.4) is 0 Å². The van der Waals surface area contributed by atoms with Gasteiger partial charge in [0.25, 0.3) is 0 Å². The van der Waals surface area contributed by atoms with Crippen LogP contribution in [0.15, 0.2) is 24.3 Å². The lowest BCUT2D eigenvalue weighted by atomic mass is 9.85. The number of phenols is 1. The van der Waals surface area contributed by atoms with Gasteiger partial charge >= 0.3 is 0 Å². The number of rotatable bonds is 2. The summed E-state index contributed by atoms with van der Waals surface area (Å²) in [5.41, 5.74) is 7.03. The minimum atomic E-state index is 0.360. The summed E-state index contributed by atoms with van der Waals surface area (Å²) in [4.78, 5) is 0. The van der Waals surface area contributed by atoms with Crippen LogP contribution >= 0.6 is 11.8 Å². The van der Waals surface area contributed by atoms with E-state index in [1.54, 1.807) is 6.07 Å². The summed E-state index contributed by atoms with van der Waals surface area (Å²) in [5, 5.41) is 9.46. The molecule has 0 aromatic heterocycles. The summed E-state index contributed by atoms with van der Waals surface area (Å²) in [7, 11) is 0. The highest BCUT2D eigenvalue weighted by molar-refractivity contribution is 7.99. The lowest BCUT2D eigenvalue weighted by molar-refractivity contribution is 0.435. The minimum Gasteiger partial charge on any atom is -0.508 e. The minimum absolute atomic E-state index is 0.360. The molecule has 15 heavy (non-hydrogen) atoms. The maximum absolute atomic E-state index is 9.46. The zero-order chi connectivity index (χ0) is 10.7. The lowest BCUT2D eigenvalue weighted by Crippen LogP contribution is -2.27. The van der Waals surface area contributed by atoms with Gasteiger partial charge in [-0.25, -0.2) is 0 Å². The molecular weight excluding hydrogens is 206 g/mol. The van der Waals surface area contributed by atoms with Crippen molar-refractivity contribution in [1.82, 2.24) is 0 Å². The van der Waals surface area contributed by atoms with E-state index >= 15 is 0 Å². The van der Waals surface area contributed by atoms with E-state index in [2.05, 4.69) is 6.07 Å². The fraction of sp³-hybridized carbons (Fsp3) is 0.500. The van der Waals surface area contributed by atoms with Crippen LogP contribution in [0.5, 0.6) is 5.75 Å².